The number of nitrogens with zero attached hydrogens (tertiary/aromatic N) is 2. The van der Waals surface area contributed by atoms with Crippen LogP contribution in [0, 0.1) is 6.92 Å². The lowest BCUT2D eigenvalue weighted by Crippen LogP contribution is -2.43. The molecule has 140 valence electrons. The SMILES string of the molecule is CN=C(NCCCCc1nc(C)cs1)NCC(C)(C)c1cccs1.I. The first-order chi connectivity index (χ1) is 11.5. The average Bonchev–Trinajstić information content (AvgIpc) is 3.22. The van der Waals surface area contributed by atoms with Crippen molar-refractivity contribution in [3.05, 3.63) is 38.5 Å². The lowest BCUT2D eigenvalue weighted by atomic mass is 9.91. The Labute approximate surface area is 176 Å². The summed E-state index contributed by atoms with van der Waals surface area (Å²) in [6.45, 7) is 8.37. The number of unbranched alkanes of at least 4 members (excludes halogenated alkanes) is 1. The maximum Gasteiger partial charge on any atom is 0.191 e. The van der Waals surface area contributed by atoms with Crippen LogP contribution < -0.4 is 10.6 Å². The van der Waals surface area contributed by atoms with Gasteiger partial charge in [-0.1, -0.05) is 19.9 Å². The van der Waals surface area contributed by atoms with E-state index in [0.29, 0.717) is 0 Å². The molecule has 2 heterocycles. The molecule has 0 saturated carbocycles. The quantitative estimate of drug-likeness (QED) is 0.245. The number of nitrogens with one attached hydrogen (secondary N) is 2. The number of halogens is 1. The van der Waals surface area contributed by atoms with E-state index < -0.39 is 0 Å². The van der Waals surface area contributed by atoms with Crippen LogP contribution >= 0.6 is 46.7 Å². The maximum absolute atomic E-state index is 4.50. The second-order valence-corrected chi connectivity index (χ2v) is 8.44. The number of thiazole rings is 1. The molecule has 2 aromatic heterocycles. The van der Waals surface area contributed by atoms with E-state index in [9.17, 15) is 0 Å². The van der Waals surface area contributed by atoms with Gasteiger partial charge in [-0.05, 0) is 37.6 Å². The van der Waals surface area contributed by atoms with Crippen LogP contribution in [-0.4, -0.2) is 31.1 Å². The van der Waals surface area contributed by atoms with Gasteiger partial charge in [-0.3, -0.25) is 4.99 Å². The lowest BCUT2D eigenvalue weighted by Gasteiger charge is -2.25. The number of aromatic nitrogens is 1. The van der Waals surface area contributed by atoms with E-state index in [1.807, 2.05) is 18.4 Å². The van der Waals surface area contributed by atoms with E-state index in [2.05, 4.69) is 64.3 Å². The molecule has 0 aliphatic carbocycles. The molecule has 0 fully saturated rings. The third kappa shape index (κ3) is 7.62. The monoisotopic (exact) mass is 492 g/mol. The van der Waals surface area contributed by atoms with E-state index in [-0.39, 0.29) is 29.4 Å². The smallest absolute Gasteiger partial charge is 0.191 e. The van der Waals surface area contributed by atoms with Gasteiger partial charge in [-0.2, -0.15) is 0 Å². The number of aliphatic imine (C=N–C) groups is 1. The van der Waals surface area contributed by atoms with Gasteiger partial charge in [0, 0.05) is 41.5 Å². The Morgan fingerprint density at radius 2 is 2.04 bits per heavy atom. The highest BCUT2D eigenvalue weighted by Crippen LogP contribution is 2.26. The number of guanidine groups is 1. The first-order valence-electron chi connectivity index (χ1n) is 8.41. The minimum Gasteiger partial charge on any atom is -0.356 e. The molecule has 2 rings (SSSR count). The predicted octanol–water partition coefficient (Wildman–Crippen LogP) is 4.60. The van der Waals surface area contributed by atoms with Crippen LogP contribution in [0.3, 0.4) is 0 Å². The Kier molecular flexibility index (Phi) is 9.96. The summed E-state index contributed by atoms with van der Waals surface area (Å²) in [7, 11) is 1.83. The average molecular weight is 492 g/mol. The van der Waals surface area contributed by atoms with Gasteiger partial charge in [-0.25, -0.2) is 4.98 Å². The third-order valence-corrected chi connectivity index (χ3v) is 6.15. The van der Waals surface area contributed by atoms with Crippen LogP contribution in [0.25, 0.3) is 0 Å². The molecule has 2 N–H and O–H groups in total. The fourth-order valence-corrected chi connectivity index (χ4v) is 4.07. The van der Waals surface area contributed by atoms with Crippen molar-refractivity contribution in [3.8, 4) is 0 Å². The van der Waals surface area contributed by atoms with Crippen molar-refractivity contribution in [1.29, 1.82) is 0 Å². The van der Waals surface area contributed by atoms with Gasteiger partial charge in [0.25, 0.3) is 0 Å². The zero-order valence-corrected chi connectivity index (χ0v) is 19.4. The van der Waals surface area contributed by atoms with Crippen molar-refractivity contribution in [2.24, 2.45) is 4.99 Å². The van der Waals surface area contributed by atoms with Gasteiger partial charge in [0.1, 0.15) is 0 Å². The van der Waals surface area contributed by atoms with Crippen LogP contribution in [0.5, 0.6) is 0 Å². The van der Waals surface area contributed by atoms with Crippen LogP contribution in [0.2, 0.25) is 0 Å². The van der Waals surface area contributed by atoms with Gasteiger partial charge >= 0.3 is 0 Å². The number of hydrogen-bond donors (Lipinski definition) is 2. The van der Waals surface area contributed by atoms with Gasteiger partial charge in [0.15, 0.2) is 5.96 Å². The standard InChI is InChI=1S/C18H28N4S2.HI/c1-14-12-24-16(22-14)9-5-6-10-20-17(19-4)21-13-18(2,3)15-8-7-11-23-15;/h7-8,11-12H,5-6,9-10,13H2,1-4H3,(H2,19,20,21);1H. The maximum atomic E-state index is 4.50. The van der Waals surface area contributed by atoms with Crippen molar-refractivity contribution < 1.29 is 0 Å². The van der Waals surface area contributed by atoms with Crippen LogP contribution in [0.4, 0.5) is 0 Å². The number of hydrogen-bond acceptors (Lipinski definition) is 4. The molecule has 2 aromatic rings. The highest BCUT2D eigenvalue weighted by molar-refractivity contribution is 14.0. The van der Waals surface area contributed by atoms with E-state index in [1.54, 1.807) is 11.3 Å². The molecule has 0 unspecified atom stereocenters. The molecule has 0 bridgehead atoms. The number of rotatable bonds is 8. The predicted molar refractivity (Wildman–Crippen MR) is 122 cm³/mol. The summed E-state index contributed by atoms with van der Waals surface area (Å²) in [6, 6.07) is 4.31. The molecular formula is C18H29IN4S2. The minimum atomic E-state index is 0. The first kappa shape index (κ1) is 22.4. The van der Waals surface area contributed by atoms with Crippen molar-refractivity contribution in [1.82, 2.24) is 15.6 Å². The molecule has 0 aromatic carbocycles. The van der Waals surface area contributed by atoms with Crippen LogP contribution in [0.1, 0.15) is 42.3 Å². The second kappa shape index (κ2) is 11.1. The fourth-order valence-electron chi connectivity index (χ4n) is 2.40. The van der Waals surface area contributed by atoms with Crippen molar-refractivity contribution in [2.45, 2.75) is 45.4 Å². The summed E-state index contributed by atoms with van der Waals surface area (Å²) < 4.78 is 0. The Balaban J connectivity index is 0.00000312. The largest absolute Gasteiger partial charge is 0.356 e. The molecule has 0 radical (unpaired) electrons. The minimum absolute atomic E-state index is 0. The van der Waals surface area contributed by atoms with Gasteiger partial charge in [-0.15, -0.1) is 46.7 Å². The van der Waals surface area contributed by atoms with Crippen LogP contribution in [-0.2, 0) is 11.8 Å². The summed E-state index contributed by atoms with van der Waals surface area (Å²) in [4.78, 5) is 10.2. The first-order valence-corrected chi connectivity index (χ1v) is 10.2. The summed E-state index contributed by atoms with van der Waals surface area (Å²) >= 11 is 3.57. The Hall–Kier alpha value is -0.670. The molecule has 7 heteroatoms. The molecular weight excluding hydrogens is 463 g/mol. The zero-order chi connectivity index (χ0) is 17.4. The lowest BCUT2D eigenvalue weighted by molar-refractivity contribution is 0.518. The normalized spacial score (nSPS) is 11.9. The summed E-state index contributed by atoms with van der Waals surface area (Å²) in [5.74, 6) is 0.879. The fraction of sp³-hybridized carbons (Fsp3) is 0.556. The Bertz CT molecular complexity index is 635. The number of aryl methyl sites for hydroxylation is 2. The van der Waals surface area contributed by atoms with Crippen molar-refractivity contribution in [2.75, 3.05) is 20.1 Å². The molecule has 0 aliphatic rings. The molecule has 0 saturated heterocycles. The Morgan fingerprint density at radius 1 is 1.24 bits per heavy atom. The zero-order valence-electron chi connectivity index (χ0n) is 15.5. The van der Waals surface area contributed by atoms with E-state index in [1.165, 1.54) is 9.88 Å². The summed E-state index contributed by atoms with van der Waals surface area (Å²) in [5.41, 5.74) is 1.24. The van der Waals surface area contributed by atoms with Crippen molar-refractivity contribution >= 4 is 52.6 Å². The van der Waals surface area contributed by atoms with E-state index >= 15 is 0 Å². The second-order valence-electron chi connectivity index (χ2n) is 6.55. The summed E-state index contributed by atoms with van der Waals surface area (Å²) in [5, 5.41) is 12.3. The summed E-state index contributed by atoms with van der Waals surface area (Å²) in [6.07, 6.45) is 3.34. The Morgan fingerprint density at radius 3 is 2.64 bits per heavy atom. The molecule has 0 amide bonds. The highest BCUT2D eigenvalue weighted by atomic mass is 127. The molecule has 0 spiro atoms. The van der Waals surface area contributed by atoms with E-state index in [4.69, 9.17) is 0 Å². The molecule has 0 aliphatic heterocycles. The highest BCUT2D eigenvalue weighted by Gasteiger charge is 2.21. The van der Waals surface area contributed by atoms with Crippen LogP contribution in [0.15, 0.2) is 27.9 Å². The topological polar surface area (TPSA) is 49.3 Å². The van der Waals surface area contributed by atoms with E-state index in [0.717, 1.165) is 44.0 Å². The molecule has 0 atom stereocenters. The molecule has 4 nitrogen and oxygen atoms in total. The van der Waals surface area contributed by atoms with Gasteiger partial charge in [0.05, 0.1) is 5.01 Å². The third-order valence-electron chi connectivity index (χ3n) is 3.89. The molecule has 25 heavy (non-hydrogen) atoms. The van der Waals surface area contributed by atoms with Gasteiger partial charge < -0.3 is 10.6 Å². The van der Waals surface area contributed by atoms with Gasteiger partial charge in [0.2, 0.25) is 0 Å². The van der Waals surface area contributed by atoms with Crippen molar-refractivity contribution in [3.63, 3.8) is 0 Å². The number of thiophene rings is 1.